The minimum absolute atomic E-state index is 0.0212. The molecule has 2 aromatic rings. The third-order valence-corrected chi connectivity index (χ3v) is 4.04. The Labute approximate surface area is 143 Å². The number of carbonyl (C=O) groups is 1. The Morgan fingerprint density at radius 1 is 1.08 bits per heavy atom. The highest BCUT2D eigenvalue weighted by molar-refractivity contribution is 5.76. The van der Waals surface area contributed by atoms with Gasteiger partial charge in [0, 0.05) is 12.0 Å². The van der Waals surface area contributed by atoms with E-state index in [9.17, 15) is 4.79 Å². The molecule has 0 aliphatic heterocycles. The molecule has 0 aliphatic carbocycles. The average molecular weight is 327 g/mol. The first-order valence-corrected chi connectivity index (χ1v) is 8.10. The van der Waals surface area contributed by atoms with E-state index in [-0.39, 0.29) is 11.9 Å². The molecule has 0 aromatic heterocycles. The first-order valence-electron chi connectivity index (χ1n) is 8.10. The van der Waals surface area contributed by atoms with Crippen molar-refractivity contribution in [1.82, 2.24) is 5.32 Å². The molecular formula is C20H25NO3. The smallest absolute Gasteiger partial charge is 0.220 e. The lowest BCUT2D eigenvalue weighted by Gasteiger charge is -2.18. The molecule has 1 unspecified atom stereocenters. The maximum Gasteiger partial charge on any atom is 0.220 e. The van der Waals surface area contributed by atoms with E-state index in [1.54, 1.807) is 14.2 Å². The summed E-state index contributed by atoms with van der Waals surface area (Å²) in [4.78, 5) is 12.2. The van der Waals surface area contributed by atoms with Gasteiger partial charge in [0.2, 0.25) is 5.91 Å². The summed E-state index contributed by atoms with van der Waals surface area (Å²) in [5.74, 6) is 1.50. The van der Waals surface area contributed by atoms with Crippen molar-refractivity contribution in [2.24, 2.45) is 0 Å². The molecule has 1 N–H and O–H groups in total. The Morgan fingerprint density at radius 2 is 1.79 bits per heavy atom. The van der Waals surface area contributed by atoms with Crippen molar-refractivity contribution in [3.05, 3.63) is 59.2 Å². The molecule has 0 aliphatic rings. The summed E-state index contributed by atoms with van der Waals surface area (Å²) in [5.41, 5.74) is 3.30. The van der Waals surface area contributed by atoms with Gasteiger partial charge >= 0.3 is 0 Å². The zero-order valence-corrected chi connectivity index (χ0v) is 14.8. The van der Waals surface area contributed by atoms with E-state index in [2.05, 4.69) is 36.5 Å². The van der Waals surface area contributed by atoms with Crippen LogP contribution in [0.25, 0.3) is 0 Å². The molecular weight excluding hydrogens is 302 g/mol. The molecule has 4 nitrogen and oxygen atoms in total. The summed E-state index contributed by atoms with van der Waals surface area (Å²) in [7, 11) is 3.24. The van der Waals surface area contributed by atoms with E-state index >= 15 is 0 Å². The van der Waals surface area contributed by atoms with Crippen molar-refractivity contribution in [2.75, 3.05) is 14.2 Å². The van der Waals surface area contributed by atoms with Crippen molar-refractivity contribution in [2.45, 2.75) is 32.7 Å². The van der Waals surface area contributed by atoms with Gasteiger partial charge < -0.3 is 14.8 Å². The van der Waals surface area contributed by atoms with Gasteiger partial charge in [-0.15, -0.1) is 0 Å². The first kappa shape index (κ1) is 17.9. The molecule has 0 saturated carbocycles. The largest absolute Gasteiger partial charge is 0.497 e. The molecule has 24 heavy (non-hydrogen) atoms. The van der Waals surface area contributed by atoms with Gasteiger partial charge in [-0.1, -0.05) is 29.8 Å². The maximum absolute atomic E-state index is 12.2. The van der Waals surface area contributed by atoms with Gasteiger partial charge in [0.15, 0.2) is 0 Å². The SMILES string of the molecule is COc1ccc(OC)c(C(C)NC(=O)CCc2ccc(C)cc2)c1. The number of hydrogen-bond acceptors (Lipinski definition) is 3. The number of benzene rings is 2. The summed E-state index contributed by atoms with van der Waals surface area (Å²) in [6, 6.07) is 13.7. The van der Waals surface area contributed by atoms with Crippen LogP contribution < -0.4 is 14.8 Å². The normalized spacial score (nSPS) is 11.7. The lowest BCUT2D eigenvalue weighted by Crippen LogP contribution is -2.27. The fourth-order valence-electron chi connectivity index (χ4n) is 2.58. The molecule has 0 heterocycles. The average Bonchev–Trinajstić information content (AvgIpc) is 2.60. The minimum atomic E-state index is -0.152. The van der Waals surface area contributed by atoms with Gasteiger partial charge in [-0.3, -0.25) is 4.79 Å². The van der Waals surface area contributed by atoms with Crippen molar-refractivity contribution in [1.29, 1.82) is 0 Å². The highest BCUT2D eigenvalue weighted by Crippen LogP contribution is 2.29. The van der Waals surface area contributed by atoms with Gasteiger partial charge in [-0.2, -0.15) is 0 Å². The summed E-state index contributed by atoms with van der Waals surface area (Å²) in [5, 5.41) is 3.03. The molecule has 2 rings (SSSR count). The quantitative estimate of drug-likeness (QED) is 0.841. The van der Waals surface area contributed by atoms with Gasteiger partial charge in [0.05, 0.1) is 20.3 Å². The monoisotopic (exact) mass is 327 g/mol. The number of aryl methyl sites for hydroxylation is 2. The van der Waals surface area contributed by atoms with Crippen molar-refractivity contribution >= 4 is 5.91 Å². The number of carbonyl (C=O) groups excluding carboxylic acids is 1. The molecule has 0 bridgehead atoms. The second kappa shape index (κ2) is 8.39. The Balaban J connectivity index is 1.97. The van der Waals surface area contributed by atoms with Gasteiger partial charge in [0.25, 0.3) is 0 Å². The zero-order valence-electron chi connectivity index (χ0n) is 14.8. The highest BCUT2D eigenvalue weighted by atomic mass is 16.5. The van der Waals surface area contributed by atoms with Crippen molar-refractivity contribution in [3.63, 3.8) is 0 Å². The minimum Gasteiger partial charge on any atom is -0.497 e. The van der Waals surface area contributed by atoms with E-state index in [0.29, 0.717) is 6.42 Å². The molecule has 1 amide bonds. The molecule has 0 fully saturated rings. The number of methoxy groups -OCH3 is 2. The van der Waals surface area contributed by atoms with E-state index < -0.39 is 0 Å². The van der Waals surface area contributed by atoms with Crippen LogP contribution in [0.1, 0.15) is 36.1 Å². The second-order valence-electron chi connectivity index (χ2n) is 5.88. The van der Waals surface area contributed by atoms with Crippen LogP contribution in [0.2, 0.25) is 0 Å². The van der Waals surface area contributed by atoms with Gasteiger partial charge in [0.1, 0.15) is 11.5 Å². The molecule has 0 saturated heterocycles. The molecule has 1 atom stereocenters. The fraction of sp³-hybridized carbons (Fsp3) is 0.350. The number of rotatable bonds is 7. The zero-order chi connectivity index (χ0) is 17.5. The third kappa shape index (κ3) is 4.75. The number of amides is 1. The maximum atomic E-state index is 12.2. The van der Waals surface area contributed by atoms with E-state index in [0.717, 1.165) is 23.5 Å². The Hall–Kier alpha value is -2.49. The summed E-state index contributed by atoms with van der Waals surface area (Å²) in [6.45, 7) is 4.00. The summed E-state index contributed by atoms with van der Waals surface area (Å²) < 4.78 is 10.6. The first-order chi connectivity index (χ1) is 11.5. The van der Waals surface area contributed by atoms with Crippen LogP contribution in [-0.4, -0.2) is 20.1 Å². The topological polar surface area (TPSA) is 47.6 Å². The van der Waals surface area contributed by atoms with Gasteiger partial charge in [-0.25, -0.2) is 0 Å². The fourth-order valence-corrected chi connectivity index (χ4v) is 2.58. The van der Waals surface area contributed by atoms with Crippen LogP contribution in [0.5, 0.6) is 11.5 Å². The highest BCUT2D eigenvalue weighted by Gasteiger charge is 2.15. The second-order valence-corrected chi connectivity index (χ2v) is 5.88. The Kier molecular flexibility index (Phi) is 6.24. The van der Waals surface area contributed by atoms with Crippen molar-refractivity contribution < 1.29 is 14.3 Å². The van der Waals surface area contributed by atoms with Crippen LogP contribution in [-0.2, 0) is 11.2 Å². The van der Waals surface area contributed by atoms with E-state index in [1.165, 1.54) is 11.1 Å². The molecule has 4 heteroatoms. The van der Waals surface area contributed by atoms with Crippen LogP contribution in [0.4, 0.5) is 0 Å². The number of ether oxygens (including phenoxy) is 2. The van der Waals surface area contributed by atoms with Crippen LogP contribution >= 0.6 is 0 Å². The predicted molar refractivity (Wildman–Crippen MR) is 95.6 cm³/mol. The summed E-state index contributed by atoms with van der Waals surface area (Å²) in [6.07, 6.45) is 1.19. The third-order valence-electron chi connectivity index (χ3n) is 4.04. The van der Waals surface area contributed by atoms with Gasteiger partial charge in [-0.05, 0) is 44.0 Å². The van der Waals surface area contributed by atoms with E-state index in [4.69, 9.17) is 9.47 Å². The van der Waals surface area contributed by atoms with Crippen molar-refractivity contribution in [3.8, 4) is 11.5 Å². The van der Waals surface area contributed by atoms with E-state index in [1.807, 2.05) is 25.1 Å². The predicted octanol–water partition coefficient (Wildman–Crippen LogP) is 3.82. The van der Waals surface area contributed by atoms with Crippen LogP contribution in [0, 0.1) is 6.92 Å². The lowest BCUT2D eigenvalue weighted by molar-refractivity contribution is -0.121. The van der Waals surface area contributed by atoms with Crippen LogP contribution in [0.15, 0.2) is 42.5 Å². The summed E-state index contributed by atoms with van der Waals surface area (Å²) >= 11 is 0. The standard InChI is InChI=1S/C20H25NO3/c1-14-5-7-16(8-6-14)9-12-20(22)21-15(2)18-13-17(23-3)10-11-19(18)24-4/h5-8,10-11,13,15H,9,12H2,1-4H3,(H,21,22). The lowest BCUT2D eigenvalue weighted by atomic mass is 10.1. The molecule has 2 aromatic carbocycles. The Morgan fingerprint density at radius 3 is 2.42 bits per heavy atom. The molecule has 0 radical (unpaired) electrons. The number of nitrogens with one attached hydrogen (secondary N) is 1. The number of hydrogen-bond donors (Lipinski definition) is 1. The Bertz CT molecular complexity index is 680. The van der Waals surface area contributed by atoms with Crippen LogP contribution in [0.3, 0.4) is 0 Å². The molecule has 128 valence electrons. The molecule has 0 spiro atoms.